The molecule has 0 fully saturated rings. The fraction of sp³-hybridized carbons (Fsp3) is 0.278. The van der Waals surface area contributed by atoms with Gasteiger partial charge in [-0.25, -0.2) is 0 Å². The smallest absolute Gasteiger partial charge is 0.204 e. The van der Waals surface area contributed by atoms with E-state index in [1.807, 2.05) is 54.6 Å². The highest BCUT2D eigenvalue weighted by Gasteiger charge is 2.05. The third kappa shape index (κ3) is 4.32. The van der Waals surface area contributed by atoms with E-state index >= 15 is 0 Å². The van der Waals surface area contributed by atoms with Gasteiger partial charge in [-0.3, -0.25) is 0 Å². The molecular formula is C18H20N4O2. The lowest BCUT2D eigenvalue weighted by atomic mass is 10.2. The lowest BCUT2D eigenvalue weighted by Crippen LogP contribution is -2.11. The Bertz CT molecular complexity index is 741. The topological polar surface area (TPSA) is 62.1 Å². The SMILES string of the molecule is CCCOc1ccc(OCCn2nnc(-c3ccccc3)n2)cc1. The maximum absolute atomic E-state index is 5.70. The number of aromatic nitrogens is 4. The van der Waals surface area contributed by atoms with Gasteiger partial charge in [-0.2, -0.15) is 4.80 Å². The summed E-state index contributed by atoms with van der Waals surface area (Å²) >= 11 is 0. The van der Waals surface area contributed by atoms with Crippen LogP contribution >= 0.6 is 0 Å². The fourth-order valence-corrected chi connectivity index (χ4v) is 2.14. The largest absolute Gasteiger partial charge is 0.494 e. The van der Waals surface area contributed by atoms with Crippen molar-refractivity contribution in [3.8, 4) is 22.9 Å². The van der Waals surface area contributed by atoms with E-state index in [0.29, 0.717) is 19.0 Å². The normalized spacial score (nSPS) is 10.5. The van der Waals surface area contributed by atoms with Crippen molar-refractivity contribution in [3.63, 3.8) is 0 Å². The molecule has 24 heavy (non-hydrogen) atoms. The number of benzene rings is 2. The summed E-state index contributed by atoms with van der Waals surface area (Å²) in [7, 11) is 0. The summed E-state index contributed by atoms with van der Waals surface area (Å²) in [4.78, 5) is 1.54. The van der Waals surface area contributed by atoms with Gasteiger partial charge in [0.15, 0.2) is 0 Å². The van der Waals surface area contributed by atoms with Crippen LogP contribution in [0.25, 0.3) is 11.4 Å². The summed E-state index contributed by atoms with van der Waals surface area (Å²) in [5.74, 6) is 2.27. The van der Waals surface area contributed by atoms with Gasteiger partial charge in [-0.1, -0.05) is 37.3 Å². The van der Waals surface area contributed by atoms with E-state index in [2.05, 4.69) is 22.3 Å². The van der Waals surface area contributed by atoms with E-state index in [-0.39, 0.29) is 0 Å². The van der Waals surface area contributed by atoms with Crippen molar-refractivity contribution in [2.75, 3.05) is 13.2 Å². The van der Waals surface area contributed by atoms with Crippen LogP contribution in [0.1, 0.15) is 13.3 Å². The van der Waals surface area contributed by atoms with Gasteiger partial charge in [-0.05, 0) is 35.9 Å². The molecule has 124 valence electrons. The van der Waals surface area contributed by atoms with Crippen molar-refractivity contribution in [2.24, 2.45) is 0 Å². The van der Waals surface area contributed by atoms with E-state index in [1.54, 1.807) is 4.80 Å². The Hall–Kier alpha value is -2.89. The van der Waals surface area contributed by atoms with Crippen molar-refractivity contribution in [1.82, 2.24) is 20.2 Å². The lowest BCUT2D eigenvalue weighted by Gasteiger charge is -2.07. The van der Waals surface area contributed by atoms with Crippen molar-refractivity contribution < 1.29 is 9.47 Å². The maximum Gasteiger partial charge on any atom is 0.204 e. The summed E-state index contributed by atoms with van der Waals surface area (Å²) in [6, 6.07) is 17.4. The molecule has 3 aromatic rings. The van der Waals surface area contributed by atoms with E-state index in [0.717, 1.165) is 30.1 Å². The molecule has 6 nitrogen and oxygen atoms in total. The first-order valence-electron chi connectivity index (χ1n) is 8.04. The van der Waals surface area contributed by atoms with Crippen molar-refractivity contribution in [3.05, 3.63) is 54.6 Å². The molecule has 0 aliphatic heterocycles. The molecule has 0 saturated heterocycles. The van der Waals surface area contributed by atoms with Crippen molar-refractivity contribution >= 4 is 0 Å². The summed E-state index contributed by atoms with van der Waals surface area (Å²) < 4.78 is 11.2. The zero-order chi connectivity index (χ0) is 16.6. The summed E-state index contributed by atoms with van der Waals surface area (Å²) in [5, 5.41) is 12.5. The molecule has 0 unspecified atom stereocenters. The monoisotopic (exact) mass is 324 g/mol. The fourth-order valence-electron chi connectivity index (χ4n) is 2.14. The number of ether oxygens (including phenoxy) is 2. The molecule has 0 N–H and O–H groups in total. The van der Waals surface area contributed by atoms with Gasteiger partial charge in [0.25, 0.3) is 0 Å². The second kappa shape index (κ2) is 8.10. The van der Waals surface area contributed by atoms with Gasteiger partial charge in [0.05, 0.1) is 13.2 Å². The Labute approximate surface area is 141 Å². The van der Waals surface area contributed by atoms with E-state index in [1.165, 1.54) is 0 Å². The van der Waals surface area contributed by atoms with Crippen LogP contribution < -0.4 is 9.47 Å². The summed E-state index contributed by atoms with van der Waals surface area (Å²) in [5.41, 5.74) is 0.951. The van der Waals surface area contributed by atoms with E-state index < -0.39 is 0 Å². The first-order chi connectivity index (χ1) is 11.8. The molecule has 0 saturated carbocycles. The first kappa shape index (κ1) is 16.0. The zero-order valence-corrected chi connectivity index (χ0v) is 13.6. The Morgan fingerprint density at radius 1 is 0.875 bits per heavy atom. The highest BCUT2D eigenvalue weighted by molar-refractivity contribution is 5.52. The Balaban J connectivity index is 1.49. The number of hydrogen-bond acceptors (Lipinski definition) is 5. The third-order valence-corrected chi connectivity index (χ3v) is 3.34. The molecular weight excluding hydrogens is 304 g/mol. The van der Waals surface area contributed by atoms with Crippen LogP contribution in [0.5, 0.6) is 11.5 Å². The maximum atomic E-state index is 5.70. The molecule has 0 aliphatic carbocycles. The minimum atomic E-state index is 0.472. The molecule has 0 radical (unpaired) electrons. The van der Waals surface area contributed by atoms with Gasteiger partial charge in [0.2, 0.25) is 5.82 Å². The zero-order valence-electron chi connectivity index (χ0n) is 13.6. The lowest BCUT2D eigenvalue weighted by molar-refractivity contribution is 0.279. The van der Waals surface area contributed by atoms with Gasteiger partial charge in [0, 0.05) is 5.56 Å². The Morgan fingerprint density at radius 2 is 1.54 bits per heavy atom. The number of tetrazole rings is 1. The van der Waals surface area contributed by atoms with Crippen molar-refractivity contribution in [1.29, 1.82) is 0 Å². The second-order valence-corrected chi connectivity index (χ2v) is 5.24. The highest BCUT2D eigenvalue weighted by atomic mass is 16.5. The van der Waals surface area contributed by atoms with Crippen molar-refractivity contribution in [2.45, 2.75) is 19.9 Å². The molecule has 0 amide bonds. The minimum Gasteiger partial charge on any atom is -0.494 e. The summed E-state index contributed by atoms with van der Waals surface area (Å²) in [6.07, 6.45) is 0.994. The standard InChI is InChI=1S/C18H20N4O2/c1-2-13-23-16-8-10-17(11-9-16)24-14-12-22-20-18(19-21-22)15-6-4-3-5-7-15/h3-11H,2,12-14H2,1H3. The van der Waals surface area contributed by atoms with Gasteiger partial charge < -0.3 is 9.47 Å². The Morgan fingerprint density at radius 3 is 2.21 bits per heavy atom. The Kier molecular flexibility index (Phi) is 5.40. The van der Waals surface area contributed by atoms with Crippen LogP contribution in [0.15, 0.2) is 54.6 Å². The van der Waals surface area contributed by atoms with Crippen LogP contribution in [0.3, 0.4) is 0 Å². The van der Waals surface area contributed by atoms with Crippen LogP contribution in [0.4, 0.5) is 0 Å². The average Bonchev–Trinajstić information content (AvgIpc) is 3.11. The predicted octanol–water partition coefficient (Wildman–Crippen LogP) is 3.21. The van der Waals surface area contributed by atoms with Gasteiger partial charge in [-0.15, -0.1) is 10.2 Å². The molecule has 0 bridgehead atoms. The van der Waals surface area contributed by atoms with Crippen LogP contribution in [-0.2, 0) is 6.54 Å². The van der Waals surface area contributed by atoms with E-state index in [9.17, 15) is 0 Å². The van der Waals surface area contributed by atoms with Crippen LogP contribution in [0.2, 0.25) is 0 Å². The van der Waals surface area contributed by atoms with Crippen LogP contribution in [0, 0.1) is 0 Å². The average molecular weight is 324 g/mol. The highest BCUT2D eigenvalue weighted by Crippen LogP contribution is 2.17. The molecule has 6 heteroatoms. The molecule has 0 atom stereocenters. The van der Waals surface area contributed by atoms with E-state index in [4.69, 9.17) is 9.47 Å². The number of rotatable bonds is 8. The molecule has 2 aromatic carbocycles. The first-order valence-corrected chi connectivity index (χ1v) is 8.04. The summed E-state index contributed by atoms with van der Waals surface area (Å²) in [6.45, 7) is 3.81. The molecule has 0 aliphatic rings. The van der Waals surface area contributed by atoms with Gasteiger partial charge in [0.1, 0.15) is 18.1 Å². The number of nitrogens with zero attached hydrogens (tertiary/aromatic N) is 4. The quantitative estimate of drug-likeness (QED) is 0.637. The molecule has 3 rings (SSSR count). The number of hydrogen-bond donors (Lipinski definition) is 0. The van der Waals surface area contributed by atoms with Gasteiger partial charge >= 0.3 is 0 Å². The minimum absolute atomic E-state index is 0.472. The van der Waals surface area contributed by atoms with Crippen LogP contribution in [-0.4, -0.2) is 33.4 Å². The molecule has 0 spiro atoms. The predicted molar refractivity (Wildman–Crippen MR) is 91.0 cm³/mol. The third-order valence-electron chi connectivity index (χ3n) is 3.34. The molecule has 1 aromatic heterocycles. The molecule has 1 heterocycles. The second-order valence-electron chi connectivity index (χ2n) is 5.24.